The fourth-order valence-corrected chi connectivity index (χ4v) is 3.00. The molecule has 0 saturated heterocycles. The van der Waals surface area contributed by atoms with E-state index in [1.54, 1.807) is 30.3 Å². The summed E-state index contributed by atoms with van der Waals surface area (Å²) in [5, 5.41) is 14.8. The first-order valence-corrected chi connectivity index (χ1v) is 10.1. The van der Waals surface area contributed by atoms with Crippen LogP contribution in [-0.4, -0.2) is 18.4 Å². The summed E-state index contributed by atoms with van der Waals surface area (Å²) >= 11 is 0. The Hall–Kier alpha value is -4.44. The second-order valence-corrected chi connectivity index (χ2v) is 7.36. The average Bonchev–Trinajstić information content (AvgIpc) is 2.80. The van der Waals surface area contributed by atoms with Crippen molar-refractivity contribution in [2.45, 2.75) is 13.8 Å². The van der Waals surface area contributed by atoms with Crippen LogP contribution in [0.4, 0.5) is 15.8 Å². The van der Waals surface area contributed by atoms with Crippen LogP contribution < -0.4 is 15.4 Å². The summed E-state index contributed by atoms with van der Waals surface area (Å²) in [6, 6.07) is 19.6. The summed E-state index contributed by atoms with van der Waals surface area (Å²) in [7, 11) is 0. The Kier molecular flexibility index (Phi) is 7.55. The van der Waals surface area contributed by atoms with Gasteiger partial charge in [0.05, 0.1) is 0 Å². The third-order valence-electron chi connectivity index (χ3n) is 4.68. The number of amides is 2. The van der Waals surface area contributed by atoms with Gasteiger partial charge in [0.2, 0.25) is 0 Å². The summed E-state index contributed by atoms with van der Waals surface area (Å²) in [4.78, 5) is 24.5. The minimum atomic E-state index is -0.498. The van der Waals surface area contributed by atoms with Crippen LogP contribution in [0.15, 0.2) is 72.3 Å². The Morgan fingerprint density at radius 1 is 1.00 bits per heavy atom. The third kappa shape index (κ3) is 6.77. The van der Waals surface area contributed by atoms with Crippen molar-refractivity contribution in [3.63, 3.8) is 0 Å². The van der Waals surface area contributed by atoms with E-state index in [4.69, 9.17) is 4.74 Å². The first-order chi connectivity index (χ1) is 15.8. The smallest absolute Gasteiger partial charge is 0.266 e. The van der Waals surface area contributed by atoms with Crippen molar-refractivity contribution >= 4 is 29.3 Å². The number of benzene rings is 3. The maximum atomic E-state index is 12.9. The molecule has 0 atom stereocenters. The lowest BCUT2D eigenvalue weighted by Gasteiger charge is -2.09. The lowest BCUT2D eigenvalue weighted by molar-refractivity contribution is -0.118. The quantitative estimate of drug-likeness (QED) is 0.397. The lowest BCUT2D eigenvalue weighted by atomic mass is 10.1. The molecule has 0 aliphatic rings. The maximum absolute atomic E-state index is 12.9. The van der Waals surface area contributed by atoms with E-state index in [9.17, 15) is 19.2 Å². The summed E-state index contributed by atoms with van der Waals surface area (Å²) < 4.78 is 18.4. The van der Waals surface area contributed by atoms with Gasteiger partial charge in [-0.05, 0) is 73.5 Å². The van der Waals surface area contributed by atoms with Crippen molar-refractivity contribution in [3.05, 3.63) is 94.8 Å². The summed E-state index contributed by atoms with van der Waals surface area (Å²) in [6.45, 7) is 3.62. The van der Waals surface area contributed by atoms with Crippen molar-refractivity contribution < 1.29 is 18.7 Å². The number of rotatable bonds is 7. The zero-order valence-corrected chi connectivity index (χ0v) is 18.2. The number of carbonyl (C=O) groups is 2. The van der Waals surface area contributed by atoms with E-state index in [1.807, 2.05) is 32.0 Å². The van der Waals surface area contributed by atoms with Crippen LogP contribution in [0.3, 0.4) is 0 Å². The molecule has 0 heterocycles. The van der Waals surface area contributed by atoms with Gasteiger partial charge in [0.15, 0.2) is 6.61 Å². The molecule has 3 aromatic carbocycles. The molecule has 0 aromatic heterocycles. The number of ether oxygens (including phenoxy) is 1. The average molecular weight is 443 g/mol. The van der Waals surface area contributed by atoms with Crippen LogP contribution in [0.2, 0.25) is 0 Å². The molecule has 33 heavy (non-hydrogen) atoms. The van der Waals surface area contributed by atoms with Gasteiger partial charge in [-0.3, -0.25) is 9.59 Å². The van der Waals surface area contributed by atoms with Gasteiger partial charge in [0, 0.05) is 11.4 Å². The molecule has 2 N–H and O–H groups in total. The standard InChI is InChI=1S/C26H22FN3O3/c1-17-3-12-24(18(2)13-17)30-26(32)20(15-28)14-19-4-10-23(11-5-19)33-16-25(31)29-22-8-6-21(27)7-9-22/h3-14H,16H2,1-2H3,(H,29,31)(H,30,32). The van der Waals surface area contributed by atoms with Gasteiger partial charge in [0.25, 0.3) is 11.8 Å². The Morgan fingerprint density at radius 2 is 1.70 bits per heavy atom. The molecule has 0 spiro atoms. The number of halogens is 1. The van der Waals surface area contributed by atoms with E-state index in [0.717, 1.165) is 11.1 Å². The Bertz CT molecular complexity index is 1230. The first kappa shape index (κ1) is 23.2. The van der Waals surface area contributed by atoms with Gasteiger partial charge in [-0.25, -0.2) is 4.39 Å². The van der Waals surface area contributed by atoms with Crippen LogP contribution in [0.25, 0.3) is 6.08 Å². The maximum Gasteiger partial charge on any atom is 0.266 e. The molecule has 7 heteroatoms. The number of nitrogens with zero attached hydrogens (tertiary/aromatic N) is 1. The van der Waals surface area contributed by atoms with Crippen molar-refractivity contribution in [3.8, 4) is 11.8 Å². The summed E-state index contributed by atoms with van der Waals surface area (Å²) in [5.41, 5.74) is 3.69. The minimum Gasteiger partial charge on any atom is -0.484 e. The third-order valence-corrected chi connectivity index (χ3v) is 4.68. The van der Waals surface area contributed by atoms with E-state index in [0.29, 0.717) is 22.7 Å². The van der Waals surface area contributed by atoms with Crippen LogP contribution in [0.1, 0.15) is 16.7 Å². The molecule has 0 saturated carbocycles. The monoisotopic (exact) mass is 443 g/mol. The molecule has 0 fully saturated rings. The molecule has 6 nitrogen and oxygen atoms in total. The topological polar surface area (TPSA) is 91.2 Å². The van der Waals surface area contributed by atoms with E-state index in [2.05, 4.69) is 10.6 Å². The SMILES string of the molecule is Cc1ccc(NC(=O)C(C#N)=Cc2ccc(OCC(=O)Nc3ccc(F)cc3)cc2)c(C)c1. The molecule has 0 aliphatic heterocycles. The summed E-state index contributed by atoms with van der Waals surface area (Å²) in [5.74, 6) is -0.831. The van der Waals surface area contributed by atoms with Crippen molar-refractivity contribution in [2.75, 3.05) is 17.2 Å². The second-order valence-electron chi connectivity index (χ2n) is 7.36. The number of anilines is 2. The Morgan fingerprint density at radius 3 is 2.33 bits per heavy atom. The van der Waals surface area contributed by atoms with E-state index in [-0.39, 0.29) is 23.9 Å². The van der Waals surface area contributed by atoms with E-state index in [1.165, 1.54) is 30.3 Å². The van der Waals surface area contributed by atoms with Gasteiger partial charge in [-0.2, -0.15) is 5.26 Å². The van der Waals surface area contributed by atoms with E-state index >= 15 is 0 Å². The molecule has 3 rings (SSSR count). The van der Waals surface area contributed by atoms with Gasteiger partial charge >= 0.3 is 0 Å². The number of nitriles is 1. The predicted molar refractivity (Wildman–Crippen MR) is 125 cm³/mol. The number of carbonyl (C=O) groups excluding carboxylic acids is 2. The zero-order chi connectivity index (χ0) is 23.8. The normalized spacial score (nSPS) is 10.8. The molecule has 3 aromatic rings. The Balaban J connectivity index is 1.58. The van der Waals surface area contributed by atoms with Gasteiger partial charge in [-0.15, -0.1) is 0 Å². The number of hydrogen-bond donors (Lipinski definition) is 2. The molecule has 2 amide bonds. The largest absolute Gasteiger partial charge is 0.484 e. The van der Waals surface area contributed by atoms with Crippen LogP contribution in [0, 0.1) is 31.0 Å². The highest BCUT2D eigenvalue weighted by Gasteiger charge is 2.11. The van der Waals surface area contributed by atoms with Crippen molar-refractivity contribution in [2.24, 2.45) is 0 Å². The van der Waals surface area contributed by atoms with Gasteiger partial charge in [-0.1, -0.05) is 29.8 Å². The molecule has 166 valence electrons. The highest BCUT2D eigenvalue weighted by molar-refractivity contribution is 6.10. The predicted octanol–water partition coefficient (Wildman–Crippen LogP) is 5.01. The van der Waals surface area contributed by atoms with Gasteiger partial charge in [0.1, 0.15) is 23.2 Å². The second kappa shape index (κ2) is 10.7. The number of aryl methyl sites for hydroxylation is 2. The molecule has 0 radical (unpaired) electrons. The van der Waals surface area contributed by atoms with Crippen molar-refractivity contribution in [1.82, 2.24) is 0 Å². The first-order valence-electron chi connectivity index (χ1n) is 10.1. The highest BCUT2D eigenvalue weighted by Crippen LogP contribution is 2.19. The van der Waals surface area contributed by atoms with Crippen LogP contribution in [-0.2, 0) is 9.59 Å². The van der Waals surface area contributed by atoms with Crippen LogP contribution in [0.5, 0.6) is 5.75 Å². The molecular weight excluding hydrogens is 421 g/mol. The van der Waals surface area contributed by atoms with Crippen LogP contribution >= 0.6 is 0 Å². The lowest BCUT2D eigenvalue weighted by Crippen LogP contribution is -2.20. The minimum absolute atomic E-state index is 0.0395. The molecule has 0 aliphatic carbocycles. The number of hydrogen-bond acceptors (Lipinski definition) is 4. The molecular formula is C26H22FN3O3. The van der Waals surface area contributed by atoms with Crippen molar-refractivity contribution in [1.29, 1.82) is 5.26 Å². The summed E-state index contributed by atoms with van der Waals surface area (Å²) in [6.07, 6.45) is 1.48. The zero-order valence-electron chi connectivity index (χ0n) is 18.2. The molecule has 0 bridgehead atoms. The Labute approximate surface area is 191 Å². The molecule has 0 unspecified atom stereocenters. The number of nitrogens with one attached hydrogen (secondary N) is 2. The van der Waals surface area contributed by atoms with E-state index < -0.39 is 5.91 Å². The fraction of sp³-hybridized carbons (Fsp3) is 0.115. The highest BCUT2D eigenvalue weighted by atomic mass is 19.1. The fourth-order valence-electron chi connectivity index (χ4n) is 3.00. The van der Waals surface area contributed by atoms with Gasteiger partial charge < -0.3 is 15.4 Å².